The summed E-state index contributed by atoms with van der Waals surface area (Å²) < 4.78 is 0. The molecule has 0 aromatic heterocycles. The van der Waals surface area contributed by atoms with Crippen LogP contribution in [0.2, 0.25) is 0 Å². The Morgan fingerprint density at radius 2 is 2.31 bits per heavy atom. The van der Waals surface area contributed by atoms with Crippen molar-refractivity contribution in [2.75, 3.05) is 0 Å². The van der Waals surface area contributed by atoms with E-state index in [9.17, 15) is 0 Å². The van der Waals surface area contributed by atoms with Crippen molar-refractivity contribution in [1.29, 1.82) is 0 Å². The van der Waals surface area contributed by atoms with Crippen LogP contribution in [0.1, 0.15) is 26.7 Å². The molecule has 0 fully saturated rings. The van der Waals surface area contributed by atoms with E-state index in [4.69, 9.17) is 5.73 Å². The summed E-state index contributed by atoms with van der Waals surface area (Å²) in [6.07, 6.45) is 12.5. The standard InChI is InChI=1S/C12H17N/c1-3-4-12(13)9-11-7-5-10(2)6-8-11/h4-7,9H,3,8,13H2,1-2H3/b11-9-,12-4+. The second kappa shape index (κ2) is 4.70. The van der Waals surface area contributed by atoms with Crippen molar-refractivity contribution in [2.45, 2.75) is 26.7 Å². The molecule has 1 heteroatoms. The van der Waals surface area contributed by atoms with Crippen LogP contribution in [0.3, 0.4) is 0 Å². The van der Waals surface area contributed by atoms with Gasteiger partial charge in [0.1, 0.15) is 0 Å². The van der Waals surface area contributed by atoms with E-state index in [0.717, 1.165) is 18.5 Å². The molecule has 0 atom stereocenters. The molecule has 13 heavy (non-hydrogen) atoms. The van der Waals surface area contributed by atoms with E-state index < -0.39 is 0 Å². The van der Waals surface area contributed by atoms with Gasteiger partial charge in [0.25, 0.3) is 0 Å². The van der Waals surface area contributed by atoms with Gasteiger partial charge in [-0.05, 0) is 31.4 Å². The third-order valence-electron chi connectivity index (χ3n) is 2.01. The normalized spacial score (nSPS) is 20.6. The molecule has 1 aliphatic carbocycles. The number of allylic oxidation sites excluding steroid dienone is 7. The van der Waals surface area contributed by atoms with Crippen LogP contribution in [0.25, 0.3) is 0 Å². The van der Waals surface area contributed by atoms with Gasteiger partial charge in [0.2, 0.25) is 0 Å². The van der Waals surface area contributed by atoms with E-state index >= 15 is 0 Å². The van der Waals surface area contributed by atoms with Crippen LogP contribution in [0, 0.1) is 0 Å². The maximum absolute atomic E-state index is 5.78. The van der Waals surface area contributed by atoms with E-state index in [-0.39, 0.29) is 0 Å². The molecule has 0 unspecified atom stereocenters. The lowest BCUT2D eigenvalue weighted by Gasteiger charge is -2.05. The fourth-order valence-corrected chi connectivity index (χ4v) is 1.27. The van der Waals surface area contributed by atoms with Crippen LogP contribution in [-0.4, -0.2) is 0 Å². The summed E-state index contributed by atoms with van der Waals surface area (Å²) in [7, 11) is 0. The Bertz CT molecular complexity index is 290. The van der Waals surface area contributed by atoms with E-state index in [1.54, 1.807) is 0 Å². The van der Waals surface area contributed by atoms with Gasteiger partial charge in [0.05, 0.1) is 0 Å². The average Bonchev–Trinajstić information content (AvgIpc) is 2.09. The molecule has 1 aliphatic rings. The molecule has 2 N–H and O–H groups in total. The van der Waals surface area contributed by atoms with Gasteiger partial charge in [-0.2, -0.15) is 0 Å². The van der Waals surface area contributed by atoms with Crippen LogP contribution < -0.4 is 5.73 Å². The first-order chi connectivity index (χ1) is 6.22. The molecule has 1 rings (SSSR count). The fraction of sp³-hybridized carbons (Fsp3) is 0.333. The van der Waals surface area contributed by atoms with E-state index in [1.165, 1.54) is 11.1 Å². The Hall–Kier alpha value is -1.24. The summed E-state index contributed by atoms with van der Waals surface area (Å²) in [6, 6.07) is 0. The van der Waals surface area contributed by atoms with Gasteiger partial charge in [-0.3, -0.25) is 0 Å². The van der Waals surface area contributed by atoms with E-state index in [0.29, 0.717) is 0 Å². The van der Waals surface area contributed by atoms with Crippen molar-refractivity contribution >= 4 is 0 Å². The van der Waals surface area contributed by atoms with Gasteiger partial charge in [0.15, 0.2) is 0 Å². The highest BCUT2D eigenvalue weighted by Gasteiger charge is 1.96. The summed E-state index contributed by atoms with van der Waals surface area (Å²) in [4.78, 5) is 0. The Morgan fingerprint density at radius 1 is 1.54 bits per heavy atom. The fourth-order valence-electron chi connectivity index (χ4n) is 1.27. The molecule has 0 bridgehead atoms. The van der Waals surface area contributed by atoms with Gasteiger partial charge in [-0.25, -0.2) is 0 Å². The topological polar surface area (TPSA) is 26.0 Å². The van der Waals surface area contributed by atoms with Crippen LogP contribution in [0.5, 0.6) is 0 Å². The second-order valence-corrected chi connectivity index (χ2v) is 3.32. The minimum Gasteiger partial charge on any atom is -0.399 e. The molecule has 70 valence electrons. The molecule has 1 nitrogen and oxygen atoms in total. The largest absolute Gasteiger partial charge is 0.399 e. The molecule has 0 aromatic rings. The van der Waals surface area contributed by atoms with Gasteiger partial charge in [-0.15, -0.1) is 0 Å². The minimum absolute atomic E-state index is 0.870. The SMILES string of the molecule is CC/C=C(N)\C=C1\C=CC(C)=CC1. The Labute approximate surface area is 80.3 Å². The Kier molecular flexibility index (Phi) is 3.56. The zero-order valence-corrected chi connectivity index (χ0v) is 8.38. The van der Waals surface area contributed by atoms with Crippen molar-refractivity contribution in [1.82, 2.24) is 0 Å². The summed E-state index contributed by atoms with van der Waals surface area (Å²) in [6.45, 7) is 4.20. The first-order valence-corrected chi connectivity index (χ1v) is 4.73. The van der Waals surface area contributed by atoms with Crippen molar-refractivity contribution in [2.24, 2.45) is 5.73 Å². The van der Waals surface area contributed by atoms with Crippen molar-refractivity contribution in [3.05, 3.63) is 47.2 Å². The number of nitrogens with two attached hydrogens (primary N) is 1. The molecule has 0 radical (unpaired) electrons. The maximum Gasteiger partial charge on any atom is 0.0276 e. The van der Waals surface area contributed by atoms with Crippen molar-refractivity contribution in [3.63, 3.8) is 0 Å². The lowest BCUT2D eigenvalue weighted by molar-refractivity contribution is 1.16. The monoisotopic (exact) mass is 175 g/mol. The summed E-state index contributed by atoms with van der Waals surface area (Å²) in [5.41, 5.74) is 9.26. The van der Waals surface area contributed by atoms with Gasteiger partial charge in [0, 0.05) is 5.70 Å². The predicted octanol–water partition coefficient (Wildman–Crippen LogP) is 3.07. The Morgan fingerprint density at radius 3 is 2.85 bits per heavy atom. The molecule has 0 heterocycles. The molecular weight excluding hydrogens is 158 g/mol. The first kappa shape index (κ1) is 9.85. The lowest BCUT2D eigenvalue weighted by atomic mass is 10.0. The highest BCUT2D eigenvalue weighted by atomic mass is 14.6. The van der Waals surface area contributed by atoms with Gasteiger partial charge in [-0.1, -0.05) is 36.8 Å². The highest BCUT2D eigenvalue weighted by Crippen LogP contribution is 2.15. The average molecular weight is 175 g/mol. The molecule has 0 saturated carbocycles. The summed E-state index contributed by atoms with van der Waals surface area (Å²) in [5, 5.41) is 0. The maximum atomic E-state index is 5.78. The molecule has 0 spiro atoms. The zero-order valence-electron chi connectivity index (χ0n) is 8.38. The molecular formula is C12H17N. The molecule has 0 aromatic carbocycles. The minimum atomic E-state index is 0.870. The second-order valence-electron chi connectivity index (χ2n) is 3.32. The van der Waals surface area contributed by atoms with Gasteiger partial charge < -0.3 is 5.73 Å². The Balaban J connectivity index is 2.66. The smallest absolute Gasteiger partial charge is 0.0276 e. The lowest BCUT2D eigenvalue weighted by Crippen LogP contribution is -1.95. The third kappa shape index (κ3) is 3.32. The number of hydrogen-bond donors (Lipinski definition) is 1. The zero-order chi connectivity index (χ0) is 9.68. The van der Waals surface area contributed by atoms with Crippen LogP contribution in [0.4, 0.5) is 0 Å². The molecule has 0 aliphatic heterocycles. The first-order valence-electron chi connectivity index (χ1n) is 4.73. The van der Waals surface area contributed by atoms with Crippen molar-refractivity contribution < 1.29 is 0 Å². The van der Waals surface area contributed by atoms with E-state index in [2.05, 4.69) is 32.1 Å². The third-order valence-corrected chi connectivity index (χ3v) is 2.01. The summed E-state index contributed by atoms with van der Waals surface area (Å²) >= 11 is 0. The van der Waals surface area contributed by atoms with Crippen LogP contribution in [-0.2, 0) is 0 Å². The molecule has 0 amide bonds. The number of hydrogen-bond acceptors (Lipinski definition) is 1. The molecule has 0 saturated heterocycles. The van der Waals surface area contributed by atoms with E-state index in [1.807, 2.05) is 12.2 Å². The van der Waals surface area contributed by atoms with Gasteiger partial charge >= 0.3 is 0 Å². The number of rotatable bonds is 2. The highest BCUT2D eigenvalue weighted by molar-refractivity contribution is 5.37. The predicted molar refractivity (Wildman–Crippen MR) is 58.2 cm³/mol. The quantitative estimate of drug-likeness (QED) is 0.685. The van der Waals surface area contributed by atoms with Crippen LogP contribution in [0.15, 0.2) is 47.2 Å². The van der Waals surface area contributed by atoms with Crippen molar-refractivity contribution in [3.8, 4) is 0 Å². The summed E-state index contributed by atoms with van der Waals surface area (Å²) in [5.74, 6) is 0. The van der Waals surface area contributed by atoms with Crippen LogP contribution >= 0.6 is 0 Å².